The van der Waals surface area contributed by atoms with Gasteiger partial charge < -0.3 is 5.32 Å². The van der Waals surface area contributed by atoms with E-state index >= 15 is 0 Å². The van der Waals surface area contributed by atoms with Gasteiger partial charge in [-0.1, -0.05) is 67.1 Å². The zero-order valence-electron chi connectivity index (χ0n) is 17.7. The number of carbonyl (C=O) groups excluding carboxylic acids is 2. The van der Waals surface area contributed by atoms with Crippen LogP contribution < -0.4 is 10.2 Å². The molecule has 2 amide bonds. The Labute approximate surface area is 187 Å². The van der Waals surface area contributed by atoms with E-state index in [0.717, 1.165) is 28.9 Å². The van der Waals surface area contributed by atoms with Crippen LogP contribution in [0.5, 0.6) is 0 Å². The van der Waals surface area contributed by atoms with Crippen molar-refractivity contribution in [2.45, 2.75) is 31.6 Å². The van der Waals surface area contributed by atoms with Gasteiger partial charge in [0.1, 0.15) is 5.37 Å². The number of amides is 2. The maximum Gasteiger partial charge on any atom is 0.238 e. The average Bonchev–Trinajstić information content (AvgIpc) is 3.17. The summed E-state index contributed by atoms with van der Waals surface area (Å²) >= 11 is 1.63. The first kappa shape index (κ1) is 21.2. The smallest absolute Gasteiger partial charge is 0.238 e. The van der Waals surface area contributed by atoms with E-state index in [1.165, 1.54) is 5.56 Å². The van der Waals surface area contributed by atoms with Crippen LogP contribution in [-0.4, -0.2) is 17.6 Å². The lowest BCUT2D eigenvalue weighted by atomic mass is 9.95. The van der Waals surface area contributed by atoms with Gasteiger partial charge in [-0.25, -0.2) is 0 Å². The molecular weight excluding hydrogens is 404 g/mol. The van der Waals surface area contributed by atoms with E-state index in [2.05, 4.69) is 5.32 Å². The molecule has 4 nitrogen and oxygen atoms in total. The number of nitrogens with zero attached hydrogens (tertiary/aromatic N) is 1. The number of hydrogen-bond donors (Lipinski definition) is 1. The monoisotopic (exact) mass is 430 g/mol. The molecule has 0 unspecified atom stereocenters. The lowest BCUT2D eigenvalue weighted by Gasteiger charge is -2.24. The molecule has 2 atom stereocenters. The Balaban J connectivity index is 1.49. The fourth-order valence-corrected chi connectivity index (χ4v) is 5.05. The Hall–Kier alpha value is -3.05. The largest absolute Gasteiger partial charge is 0.326 e. The molecule has 0 radical (unpaired) electrons. The van der Waals surface area contributed by atoms with Gasteiger partial charge in [-0.2, -0.15) is 0 Å². The summed E-state index contributed by atoms with van der Waals surface area (Å²) in [6.45, 7) is 4.06. The first-order valence-corrected chi connectivity index (χ1v) is 11.6. The van der Waals surface area contributed by atoms with Crippen molar-refractivity contribution in [3.05, 3.63) is 95.6 Å². The minimum absolute atomic E-state index is 0.00634. The number of carbonyl (C=O) groups is 2. The van der Waals surface area contributed by atoms with Crippen LogP contribution in [0.15, 0.2) is 78.9 Å². The Bertz CT molecular complexity index is 1050. The molecule has 1 aliphatic heterocycles. The van der Waals surface area contributed by atoms with Gasteiger partial charge in [-0.3, -0.25) is 14.5 Å². The van der Waals surface area contributed by atoms with Gasteiger partial charge in [0, 0.05) is 11.4 Å². The van der Waals surface area contributed by atoms with Gasteiger partial charge in [-0.05, 0) is 48.7 Å². The maximum absolute atomic E-state index is 12.8. The van der Waals surface area contributed by atoms with Crippen molar-refractivity contribution in [1.82, 2.24) is 0 Å². The second kappa shape index (κ2) is 9.40. The third-order valence-corrected chi connectivity index (χ3v) is 6.78. The zero-order chi connectivity index (χ0) is 21.8. The van der Waals surface area contributed by atoms with E-state index in [1.807, 2.05) is 97.6 Å². The summed E-state index contributed by atoms with van der Waals surface area (Å²) in [6, 6.07) is 25.7. The summed E-state index contributed by atoms with van der Waals surface area (Å²) in [5.74, 6) is 0.394. The van der Waals surface area contributed by atoms with Crippen molar-refractivity contribution < 1.29 is 9.59 Å². The molecule has 0 aliphatic carbocycles. The summed E-state index contributed by atoms with van der Waals surface area (Å²) in [7, 11) is 0. The second-order valence-electron chi connectivity index (χ2n) is 7.75. The van der Waals surface area contributed by atoms with Crippen LogP contribution in [0.4, 0.5) is 11.4 Å². The molecule has 0 bridgehead atoms. The molecule has 158 valence electrons. The molecule has 3 aromatic carbocycles. The fourth-order valence-electron chi connectivity index (χ4n) is 3.87. The summed E-state index contributed by atoms with van der Waals surface area (Å²) in [5.41, 5.74) is 4.91. The topological polar surface area (TPSA) is 49.4 Å². The highest BCUT2D eigenvalue weighted by molar-refractivity contribution is 8.00. The number of rotatable bonds is 6. The summed E-state index contributed by atoms with van der Waals surface area (Å²) in [5, 5.41) is 2.98. The van der Waals surface area contributed by atoms with Gasteiger partial charge in [0.05, 0.1) is 11.7 Å². The molecule has 1 fully saturated rings. The number of anilines is 2. The van der Waals surface area contributed by atoms with E-state index < -0.39 is 0 Å². The molecule has 4 rings (SSSR count). The Morgan fingerprint density at radius 1 is 1.03 bits per heavy atom. The molecule has 1 saturated heterocycles. The second-order valence-corrected chi connectivity index (χ2v) is 8.81. The SMILES string of the molecule is CC[C@H](C(=O)Nc1ccc([C@@H]2SCC(=O)N2c2ccc(C)cc2)cc1)c1ccccc1. The average molecular weight is 431 g/mol. The van der Waals surface area contributed by atoms with Gasteiger partial charge in [0.2, 0.25) is 11.8 Å². The van der Waals surface area contributed by atoms with Crippen molar-refractivity contribution in [3.8, 4) is 0 Å². The Morgan fingerprint density at radius 2 is 1.71 bits per heavy atom. The highest BCUT2D eigenvalue weighted by Gasteiger charge is 2.34. The fraction of sp³-hybridized carbons (Fsp3) is 0.231. The zero-order valence-corrected chi connectivity index (χ0v) is 18.6. The number of thioether (sulfide) groups is 1. The van der Waals surface area contributed by atoms with Crippen LogP contribution in [0.25, 0.3) is 0 Å². The van der Waals surface area contributed by atoms with Crippen LogP contribution in [0, 0.1) is 6.92 Å². The van der Waals surface area contributed by atoms with E-state index in [4.69, 9.17) is 0 Å². The minimum atomic E-state index is -0.180. The van der Waals surface area contributed by atoms with Gasteiger partial charge in [0.15, 0.2) is 0 Å². The summed E-state index contributed by atoms with van der Waals surface area (Å²) in [6.07, 6.45) is 0.736. The third-order valence-electron chi connectivity index (χ3n) is 5.57. The molecule has 1 aliphatic rings. The molecule has 1 heterocycles. The van der Waals surface area contributed by atoms with Crippen molar-refractivity contribution in [1.29, 1.82) is 0 Å². The minimum Gasteiger partial charge on any atom is -0.326 e. The molecular formula is C26H26N2O2S. The van der Waals surface area contributed by atoms with Crippen LogP contribution in [0.1, 0.15) is 41.3 Å². The van der Waals surface area contributed by atoms with E-state index in [0.29, 0.717) is 5.75 Å². The standard InChI is InChI=1S/C26H26N2O2S/c1-3-23(19-7-5-4-6-8-19)25(30)27-21-13-11-20(12-14-21)26-28(24(29)17-31-26)22-15-9-18(2)10-16-22/h4-16,23,26H,3,17H2,1-2H3,(H,27,30)/t23-,26-/m0/s1. The Kier molecular flexibility index (Phi) is 6.42. The van der Waals surface area contributed by atoms with Crippen LogP contribution >= 0.6 is 11.8 Å². The van der Waals surface area contributed by atoms with Gasteiger partial charge >= 0.3 is 0 Å². The molecule has 3 aromatic rings. The number of benzene rings is 3. The van der Waals surface area contributed by atoms with Gasteiger partial charge in [0.25, 0.3) is 0 Å². The van der Waals surface area contributed by atoms with Crippen LogP contribution in [0.3, 0.4) is 0 Å². The predicted molar refractivity (Wildman–Crippen MR) is 128 cm³/mol. The Morgan fingerprint density at radius 3 is 2.35 bits per heavy atom. The van der Waals surface area contributed by atoms with Crippen molar-refractivity contribution in [2.24, 2.45) is 0 Å². The lowest BCUT2D eigenvalue weighted by molar-refractivity contribution is -0.118. The highest BCUT2D eigenvalue weighted by Crippen LogP contribution is 2.42. The molecule has 0 saturated carbocycles. The normalized spacial score (nSPS) is 16.9. The van der Waals surface area contributed by atoms with Crippen molar-refractivity contribution in [3.63, 3.8) is 0 Å². The van der Waals surface area contributed by atoms with Crippen LogP contribution in [-0.2, 0) is 9.59 Å². The summed E-state index contributed by atoms with van der Waals surface area (Å²) in [4.78, 5) is 27.2. The third kappa shape index (κ3) is 4.67. The molecule has 0 aromatic heterocycles. The first-order valence-electron chi connectivity index (χ1n) is 10.5. The molecule has 0 spiro atoms. The first-order chi connectivity index (χ1) is 15.1. The number of aryl methyl sites for hydroxylation is 1. The predicted octanol–water partition coefficient (Wildman–Crippen LogP) is 5.91. The van der Waals surface area contributed by atoms with Gasteiger partial charge in [-0.15, -0.1) is 11.8 Å². The van der Waals surface area contributed by atoms with E-state index in [9.17, 15) is 9.59 Å². The molecule has 5 heteroatoms. The van der Waals surface area contributed by atoms with E-state index in [-0.39, 0.29) is 23.1 Å². The summed E-state index contributed by atoms with van der Waals surface area (Å²) < 4.78 is 0. The number of hydrogen-bond acceptors (Lipinski definition) is 3. The van der Waals surface area contributed by atoms with Crippen LogP contribution in [0.2, 0.25) is 0 Å². The number of nitrogens with one attached hydrogen (secondary N) is 1. The molecule has 1 N–H and O–H groups in total. The van der Waals surface area contributed by atoms with Crippen molar-refractivity contribution >= 4 is 35.0 Å². The lowest BCUT2D eigenvalue weighted by Crippen LogP contribution is -2.27. The van der Waals surface area contributed by atoms with Crippen molar-refractivity contribution in [2.75, 3.05) is 16.0 Å². The van der Waals surface area contributed by atoms with E-state index in [1.54, 1.807) is 11.8 Å². The molecule has 31 heavy (non-hydrogen) atoms. The quantitative estimate of drug-likeness (QED) is 0.529. The maximum atomic E-state index is 12.8. The highest BCUT2D eigenvalue weighted by atomic mass is 32.2.